The van der Waals surface area contributed by atoms with Crippen LogP contribution in [0.5, 0.6) is 0 Å². The number of nitrogens with zero attached hydrogens (tertiary/aromatic N) is 3. The zero-order valence-electron chi connectivity index (χ0n) is 13.9. The highest BCUT2D eigenvalue weighted by Gasteiger charge is 2.19. The Hall–Kier alpha value is -1.89. The highest BCUT2D eigenvalue weighted by atomic mass is 35.5. The molecule has 0 aliphatic heterocycles. The van der Waals surface area contributed by atoms with Crippen LogP contribution in [0.4, 0.5) is 4.39 Å². The van der Waals surface area contributed by atoms with Crippen molar-refractivity contribution in [2.75, 3.05) is 0 Å². The monoisotopic (exact) mass is 376 g/mol. The molecule has 4 nitrogen and oxygen atoms in total. The second-order valence-electron chi connectivity index (χ2n) is 5.81. The van der Waals surface area contributed by atoms with Gasteiger partial charge in [-0.3, -0.25) is 4.57 Å². The van der Waals surface area contributed by atoms with Crippen LogP contribution in [-0.4, -0.2) is 14.8 Å². The van der Waals surface area contributed by atoms with E-state index >= 15 is 0 Å². The van der Waals surface area contributed by atoms with E-state index in [9.17, 15) is 4.39 Å². The summed E-state index contributed by atoms with van der Waals surface area (Å²) in [4.78, 5) is 0. The predicted octanol–water partition coefficient (Wildman–Crippen LogP) is 4.68. The minimum Gasteiger partial charge on any atom is -0.322 e. The van der Waals surface area contributed by atoms with Crippen LogP contribution in [0.15, 0.2) is 47.6 Å². The summed E-state index contributed by atoms with van der Waals surface area (Å²) >= 11 is 7.70. The molecular weight excluding hydrogens is 359 g/mol. The Balaban J connectivity index is 1.97. The van der Waals surface area contributed by atoms with Gasteiger partial charge < -0.3 is 5.73 Å². The van der Waals surface area contributed by atoms with Crippen molar-refractivity contribution in [3.05, 3.63) is 70.3 Å². The molecule has 1 unspecified atom stereocenters. The third-order valence-corrected chi connectivity index (χ3v) is 4.99. The van der Waals surface area contributed by atoms with E-state index in [0.717, 1.165) is 22.0 Å². The molecule has 0 aliphatic rings. The van der Waals surface area contributed by atoms with Crippen LogP contribution in [-0.2, 0) is 5.75 Å². The van der Waals surface area contributed by atoms with Gasteiger partial charge >= 0.3 is 0 Å². The van der Waals surface area contributed by atoms with Crippen molar-refractivity contribution in [2.24, 2.45) is 5.73 Å². The minimum atomic E-state index is -0.272. The third kappa shape index (κ3) is 4.03. The quantitative estimate of drug-likeness (QED) is 0.657. The molecule has 0 bridgehead atoms. The summed E-state index contributed by atoms with van der Waals surface area (Å²) in [6.07, 6.45) is 0. The number of benzene rings is 2. The number of hydrogen-bond donors (Lipinski definition) is 1. The number of hydrogen-bond acceptors (Lipinski definition) is 4. The van der Waals surface area contributed by atoms with Crippen molar-refractivity contribution >= 4 is 23.4 Å². The normalized spacial score (nSPS) is 12.4. The first kappa shape index (κ1) is 17.9. The van der Waals surface area contributed by atoms with Crippen molar-refractivity contribution in [1.82, 2.24) is 14.8 Å². The lowest BCUT2D eigenvalue weighted by Gasteiger charge is -2.14. The number of halogens is 2. The summed E-state index contributed by atoms with van der Waals surface area (Å²) in [6, 6.07) is 11.9. The van der Waals surface area contributed by atoms with Crippen LogP contribution in [0, 0.1) is 12.7 Å². The van der Waals surface area contributed by atoms with Gasteiger partial charge in [0.25, 0.3) is 0 Å². The fourth-order valence-electron chi connectivity index (χ4n) is 2.45. The Bertz CT molecular complexity index is 877. The van der Waals surface area contributed by atoms with Crippen LogP contribution in [0.1, 0.15) is 29.9 Å². The molecule has 0 spiro atoms. The molecule has 0 saturated carbocycles. The van der Waals surface area contributed by atoms with Gasteiger partial charge in [-0.05, 0) is 49.2 Å². The fraction of sp³-hybridized carbons (Fsp3) is 0.222. The topological polar surface area (TPSA) is 56.7 Å². The van der Waals surface area contributed by atoms with Gasteiger partial charge in [-0.2, -0.15) is 0 Å². The van der Waals surface area contributed by atoms with Gasteiger partial charge in [0, 0.05) is 10.8 Å². The van der Waals surface area contributed by atoms with E-state index in [1.165, 1.54) is 23.9 Å². The van der Waals surface area contributed by atoms with Gasteiger partial charge in [-0.15, -0.1) is 10.2 Å². The summed E-state index contributed by atoms with van der Waals surface area (Å²) < 4.78 is 15.0. The lowest BCUT2D eigenvalue weighted by atomic mass is 10.2. The Morgan fingerprint density at radius 1 is 1.20 bits per heavy atom. The van der Waals surface area contributed by atoms with E-state index < -0.39 is 0 Å². The molecule has 0 fully saturated rings. The maximum Gasteiger partial charge on any atom is 0.196 e. The first-order chi connectivity index (χ1) is 12.0. The van der Waals surface area contributed by atoms with Gasteiger partial charge in [0.15, 0.2) is 11.0 Å². The van der Waals surface area contributed by atoms with Crippen molar-refractivity contribution in [3.63, 3.8) is 0 Å². The number of nitrogens with two attached hydrogens (primary N) is 1. The lowest BCUT2D eigenvalue weighted by molar-refractivity contribution is 0.627. The minimum absolute atomic E-state index is 0.245. The van der Waals surface area contributed by atoms with E-state index in [1.807, 2.05) is 36.6 Å². The van der Waals surface area contributed by atoms with Crippen LogP contribution in [0.25, 0.3) is 5.69 Å². The zero-order valence-corrected chi connectivity index (χ0v) is 15.5. The van der Waals surface area contributed by atoms with Crippen LogP contribution in [0.2, 0.25) is 5.02 Å². The van der Waals surface area contributed by atoms with Crippen molar-refractivity contribution < 1.29 is 4.39 Å². The maximum absolute atomic E-state index is 13.1. The van der Waals surface area contributed by atoms with Gasteiger partial charge in [-0.25, -0.2) is 4.39 Å². The average Bonchev–Trinajstić information content (AvgIpc) is 3.00. The highest BCUT2D eigenvalue weighted by molar-refractivity contribution is 7.98. The number of aromatic nitrogens is 3. The molecule has 1 aromatic heterocycles. The first-order valence-corrected chi connectivity index (χ1v) is 9.16. The molecule has 1 atom stereocenters. The molecule has 7 heteroatoms. The van der Waals surface area contributed by atoms with E-state index in [2.05, 4.69) is 10.2 Å². The van der Waals surface area contributed by atoms with Crippen molar-refractivity contribution in [2.45, 2.75) is 30.8 Å². The predicted molar refractivity (Wildman–Crippen MR) is 99.7 cm³/mol. The first-order valence-electron chi connectivity index (χ1n) is 7.80. The molecule has 0 radical (unpaired) electrons. The molecule has 3 rings (SSSR count). The Kier molecular flexibility index (Phi) is 5.42. The van der Waals surface area contributed by atoms with Crippen LogP contribution < -0.4 is 5.73 Å². The van der Waals surface area contributed by atoms with E-state index in [0.29, 0.717) is 16.6 Å². The average molecular weight is 377 g/mol. The molecule has 3 aromatic rings. The number of rotatable bonds is 5. The maximum atomic E-state index is 13.1. The third-order valence-electron chi connectivity index (χ3n) is 3.76. The second kappa shape index (κ2) is 7.56. The summed E-state index contributed by atoms with van der Waals surface area (Å²) in [5.41, 5.74) is 9.04. The van der Waals surface area contributed by atoms with Crippen LogP contribution in [0.3, 0.4) is 0 Å². The zero-order chi connectivity index (χ0) is 18.0. The smallest absolute Gasteiger partial charge is 0.196 e. The lowest BCUT2D eigenvalue weighted by Crippen LogP contribution is -2.13. The molecule has 2 N–H and O–H groups in total. The standard InChI is InChI=1S/C18H18ClFN4S/c1-11-3-6-14(19)9-16(11)24-17(12(2)21)22-23-18(24)25-10-13-4-7-15(20)8-5-13/h3-9,12H,10,21H2,1-2H3. The summed E-state index contributed by atoms with van der Waals surface area (Å²) in [5.74, 6) is 1.08. The van der Waals surface area contributed by atoms with Gasteiger partial charge in [0.05, 0.1) is 11.7 Å². The summed E-state index contributed by atoms with van der Waals surface area (Å²) in [7, 11) is 0. The highest BCUT2D eigenvalue weighted by Crippen LogP contribution is 2.29. The van der Waals surface area contributed by atoms with E-state index in [1.54, 1.807) is 12.1 Å². The fourth-order valence-corrected chi connectivity index (χ4v) is 3.52. The summed E-state index contributed by atoms with van der Waals surface area (Å²) in [6.45, 7) is 3.87. The summed E-state index contributed by atoms with van der Waals surface area (Å²) in [5, 5.41) is 9.91. The van der Waals surface area contributed by atoms with Crippen molar-refractivity contribution in [3.8, 4) is 5.69 Å². The molecule has 1 heterocycles. The number of aryl methyl sites for hydroxylation is 1. The van der Waals surface area contributed by atoms with Crippen LogP contribution >= 0.6 is 23.4 Å². The molecule has 0 aliphatic carbocycles. The van der Waals surface area contributed by atoms with E-state index in [-0.39, 0.29) is 11.9 Å². The molecular formula is C18H18ClFN4S. The molecule has 0 saturated heterocycles. The number of thioether (sulfide) groups is 1. The SMILES string of the molecule is Cc1ccc(Cl)cc1-n1c(SCc2ccc(F)cc2)nnc1C(C)N. The second-order valence-corrected chi connectivity index (χ2v) is 7.19. The Morgan fingerprint density at radius 2 is 1.92 bits per heavy atom. The van der Waals surface area contributed by atoms with E-state index in [4.69, 9.17) is 17.3 Å². The Morgan fingerprint density at radius 3 is 2.60 bits per heavy atom. The largest absolute Gasteiger partial charge is 0.322 e. The Labute approximate surface area is 155 Å². The molecule has 130 valence electrons. The van der Waals surface area contributed by atoms with Crippen molar-refractivity contribution in [1.29, 1.82) is 0 Å². The van der Waals surface area contributed by atoms with Gasteiger partial charge in [0.1, 0.15) is 5.82 Å². The molecule has 25 heavy (non-hydrogen) atoms. The van der Waals surface area contributed by atoms with Gasteiger partial charge in [-0.1, -0.05) is 41.6 Å². The molecule has 2 aromatic carbocycles. The molecule has 0 amide bonds. The van der Waals surface area contributed by atoms with Gasteiger partial charge in [0.2, 0.25) is 0 Å².